The first-order chi connectivity index (χ1) is 12.1. The van der Waals surface area contributed by atoms with Gasteiger partial charge in [-0.1, -0.05) is 48.5 Å². The first-order valence-electron chi connectivity index (χ1n) is 8.47. The third-order valence-corrected chi connectivity index (χ3v) is 4.91. The Kier molecular flexibility index (Phi) is 6.98. The molecule has 1 fully saturated rings. The summed E-state index contributed by atoms with van der Waals surface area (Å²) in [6, 6.07) is 15.1. The molecule has 3 aromatic rings. The van der Waals surface area contributed by atoms with E-state index in [1.54, 1.807) is 17.0 Å². The Morgan fingerprint density at radius 3 is 1.78 bits per heavy atom. The van der Waals surface area contributed by atoms with Crippen LogP contribution in [0.5, 0.6) is 0 Å². The highest BCUT2D eigenvalue weighted by molar-refractivity contribution is 6.02. The largest absolute Gasteiger partial charge is 0.408 e. The van der Waals surface area contributed by atoms with Gasteiger partial charge in [0.25, 0.3) is 0 Å². The Morgan fingerprint density at radius 1 is 0.815 bits per heavy atom. The zero-order valence-corrected chi connectivity index (χ0v) is 16.1. The number of halogens is 5. The maximum absolute atomic E-state index is 14.2. The van der Waals surface area contributed by atoms with Crippen molar-refractivity contribution in [2.24, 2.45) is 0 Å². The lowest BCUT2D eigenvalue weighted by Crippen LogP contribution is -2.49. The first kappa shape index (κ1) is 21.8. The summed E-state index contributed by atoms with van der Waals surface area (Å²) < 4.78 is 42.6. The molecule has 0 bridgehead atoms. The minimum absolute atomic E-state index is 0. The summed E-state index contributed by atoms with van der Waals surface area (Å²) in [5.74, 6) is 0. The molecule has 7 heteroatoms. The number of fused-ring (bicyclic) bond motifs is 2. The molecule has 1 N–H and O–H groups in total. The van der Waals surface area contributed by atoms with Gasteiger partial charge in [0.2, 0.25) is 0 Å². The summed E-state index contributed by atoms with van der Waals surface area (Å²) >= 11 is 0. The molecule has 0 saturated carbocycles. The summed E-state index contributed by atoms with van der Waals surface area (Å²) in [6.07, 6.45) is -4.33. The van der Waals surface area contributed by atoms with Crippen LogP contribution in [0, 0.1) is 0 Å². The fourth-order valence-electron chi connectivity index (χ4n) is 3.84. The van der Waals surface area contributed by atoms with E-state index in [0.717, 1.165) is 10.8 Å². The predicted molar refractivity (Wildman–Crippen MR) is 109 cm³/mol. The van der Waals surface area contributed by atoms with Gasteiger partial charge in [0, 0.05) is 26.2 Å². The minimum atomic E-state index is -4.33. The number of hydrogen-bond donors (Lipinski definition) is 1. The van der Waals surface area contributed by atoms with Gasteiger partial charge in [0.05, 0.1) is 0 Å². The second-order valence-corrected chi connectivity index (χ2v) is 6.46. The Morgan fingerprint density at radius 2 is 1.30 bits per heavy atom. The second kappa shape index (κ2) is 8.65. The van der Waals surface area contributed by atoms with E-state index in [2.05, 4.69) is 5.32 Å². The molecule has 1 saturated heterocycles. The number of nitrogens with one attached hydrogen (secondary N) is 1. The lowest BCUT2D eigenvalue weighted by atomic mass is 9.91. The quantitative estimate of drug-likeness (QED) is 0.566. The average Bonchev–Trinajstić information content (AvgIpc) is 2.61. The van der Waals surface area contributed by atoms with Gasteiger partial charge in [-0.05, 0) is 33.2 Å². The number of piperazine rings is 1. The molecule has 3 aromatic carbocycles. The van der Waals surface area contributed by atoms with Crippen molar-refractivity contribution in [3.8, 4) is 0 Å². The number of nitrogens with zero attached hydrogens (tertiary/aromatic N) is 1. The molecule has 1 aliphatic rings. The fraction of sp³-hybridized carbons (Fsp3) is 0.300. The van der Waals surface area contributed by atoms with Crippen LogP contribution in [-0.4, -0.2) is 37.3 Å². The number of rotatable bonds is 2. The predicted octanol–water partition coefficient (Wildman–Crippen LogP) is 5.35. The molecule has 2 nitrogen and oxygen atoms in total. The molecule has 0 aromatic heterocycles. The van der Waals surface area contributed by atoms with Crippen molar-refractivity contribution in [3.05, 3.63) is 60.2 Å². The van der Waals surface area contributed by atoms with E-state index < -0.39 is 12.2 Å². The van der Waals surface area contributed by atoms with Crippen LogP contribution in [0.1, 0.15) is 11.6 Å². The highest BCUT2D eigenvalue weighted by Crippen LogP contribution is 2.44. The lowest BCUT2D eigenvalue weighted by molar-refractivity contribution is -0.187. The first-order valence-corrected chi connectivity index (χ1v) is 8.47. The van der Waals surface area contributed by atoms with E-state index in [-0.39, 0.29) is 24.8 Å². The molecule has 146 valence electrons. The lowest BCUT2D eigenvalue weighted by Gasteiger charge is -2.37. The molecular formula is C20H21Cl2F3N2. The van der Waals surface area contributed by atoms with Crippen LogP contribution in [0.3, 0.4) is 0 Å². The molecule has 1 heterocycles. The van der Waals surface area contributed by atoms with E-state index in [1.807, 2.05) is 42.5 Å². The van der Waals surface area contributed by atoms with Crippen LogP contribution < -0.4 is 5.32 Å². The van der Waals surface area contributed by atoms with Gasteiger partial charge in [0.15, 0.2) is 0 Å². The minimum Gasteiger partial charge on any atom is -0.314 e. The summed E-state index contributed by atoms with van der Waals surface area (Å²) in [5.41, 5.74) is 0.378. The summed E-state index contributed by atoms with van der Waals surface area (Å²) in [4.78, 5) is 1.56. The Balaban J connectivity index is 0.00000131. The fourth-order valence-corrected chi connectivity index (χ4v) is 3.84. The highest BCUT2D eigenvalue weighted by atomic mass is 35.5. The van der Waals surface area contributed by atoms with Crippen molar-refractivity contribution < 1.29 is 13.2 Å². The third kappa shape index (κ3) is 4.16. The maximum atomic E-state index is 14.2. The van der Waals surface area contributed by atoms with Crippen LogP contribution in [0.4, 0.5) is 13.2 Å². The molecule has 1 atom stereocenters. The Labute approximate surface area is 168 Å². The molecule has 27 heavy (non-hydrogen) atoms. The van der Waals surface area contributed by atoms with Crippen molar-refractivity contribution >= 4 is 46.4 Å². The molecule has 0 unspecified atom stereocenters. The van der Waals surface area contributed by atoms with Gasteiger partial charge in [-0.2, -0.15) is 13.2 Å². The van der Waals surface area contributed by atoms with E-state index in [4.69, 9.17) is 0 Å². The van der Waals surface area contributed by atoms with Crippen molar-refractivity contribution in [1.82, 2.24) is 10.2 Å². The normalized spacial score (nSPS) is 16.6. The van der Waals surface area contributed by atoms with Crippen LogP contribution in [0.25, 0.3) is 21.5 Å². The smallest absolute Gasteiger partial charge is 0.314 e. The SMILES string of the molecule is Cl.Cl.FC(F)(F)[C@H](c1c2ccccc2cc2ccccc12)N1CCNCC1. The van der Waals surface area contributed by atoms with Crippen LogP contribution in [-0.2, 0) is 0 Å². The van der Waals surface area contributed by atoms with Gasteiger partial charge in [0.1, 0.15) is 6.04 Å². The number of benzene rings is 3. The molecular weight excluding hydrogens is 396 g/mol. The van der Waals surface area contributed by atoms with Gasteiger partial charge >= 0.3 is 6.18 Å². The number of alkyl halides is 3. The van der Waals surface area contributed by atoms with E-state index in [0.29, 0.717) is 42.5 Å². The molecule has 1 aliphatic heterocycles. The van der Waals surface area contributed by atoms with E-state index >= 15 is 0 Å². The molecule has 0 amide bonds. The zero-order valence-electron chi connectivity index (χ0n) is 14.5. The van der Waals surface area contributed by atoms with E-state index in [1.165, 1.54) is 0 Å². The Hall–Kier alpha value is -1.53. The summed E-state index contributed by atoms with van der Waals surface area (Å²) in [7, 11) is 0. The van der Waals surface area contributed by atoms with Gasteiger partial charge in [-0.25, -0.2) is 0 Å². The average molecular weight is 417 g/mol. The van der Waals surface area contributed by atoms with Crippen molar-refractivity contribution in [1.29, 1.82) is 0 Å². The van der Waals surface area contributed by atoms with Crippen molar-refractivity contribution in [2.45, 2.75) is 12.2 Å². The van der Waals surface area contributed by atoms with Gasteiger partial charge < -0.3 is 5.32 Å². The Bertz CT molecular complexity index is 855. The van der Waals surface area contributed by atoms with Crippen LogP contribution in [0.2, 0.25) is 0 Å². The third-order valence-electron chi connectivity index (χ3n) is 4.91. The molecule has 4 rings (SSSR count). The molecule has 0 spiro atoms. The maximum Gasteiger partial charge on any atom is 0.408 e. The van der Waals surface area contributed by atoms with Gasteiger partial charge in [-0.15, -0.1) is 24.8 Å². The van der Waals surface area contributed by atoms with Gasteiger partial charge in [-0.3, -0.25) is 4.90 Å². The second-order valence-electron chi connectivity index (χ2n) is 6.46. The monoisotopic (exact) mass is 416 g/mol. The summed E-state index contributed by atoms with van der Waals surface area (Å²) in [6.45, 7) is 1.94. The standard InChI is InChI=1S/C20H19F3N2.2ClH/c21-20(22,23)19(25-11-9-24-10-12-25)18-16-7-3-1-5-14(16)13-15-6-2-4-8-17(15)18;;/h1-8,13,19,24H,9-12H2;2*1H/t19-;;/m0../s1. The molecule has 0 radical (unpaired) electrons. The van der Waals surface area contributed by atoms with Crippen LogP contribution in [0.15, 0.2) is 54.6 Å². The van der Waals surface area contributed by atoms with Crippen LogP contribution >= 0.6 is 24.8 Å². The molecule has 0 aliphatic carbocycles. The van der Waals surface area contributed by atoms with E-state index in [9.17, 15) is 13.2 Å². The van der Waals surface area contributed by atoms with Crippen molar-refractivity contribution in [2.75, 3.05) is 26.2 Å². The summed E-state index contributed by atoms with van der Waals surface area (Å²) in [5, 5.41) is 6.20. The number of hydrogen-bond acceptors (Lipinski definition) is 2. The van der Waals surface area contributed by atoms with Crippen molar-refractivity contribution in [3.63, 3.8) is 0 Å². The highest BCUT2D eigenvalue weighted by Gasteiger charge is 2.46. The topological polar surface area (TPSA) is 15.3 Å². The zero-order chi connectivity index (χ0) is 17.4.